The highest BCUT2D eigenvalue weighted by Crippen LogP contribution is 2.02. The molecule has 1 amide bonds. The first kappa shape index (κ1) is 14.4. The second-order valence-electron chi connectivity index (χ2n) is 3.55. The van der Waals surface area contributed by atoms with Gasteiger partial charge in [-0.15, -0.1) is 10.2 Å². The third-order valence-electron chi connectivity index (χ3n) is 2.28. The van der Waals surface area contributed by atoms with Crippen molar-refractivity contribution < 1.29 is 13.2 Å². The Morgan fingerprint density at radius 3 is 2.56 bits per heavy atom. The second-order valence-corrected chi connectivity index (χ2v) is 6.02. The van der Waals surface area contributed by atoms with Gasteiger partial charge in [-0.2, -0.15) is 0 Å². The van der Waals surface area contributed by atoms with Crippen molar-refractivity contribution >= 4 is 21.6 Å². The maximum absolute atomic E-state index is 11.2. The third-order valence-corrected chi connectivity index (χ3v) is 3.99. The fourth-order valence-corrected chi connectivity index (χ4v) is 1.86. The first-order valence-corrected chi connectivity index (χ1v) is 7.30. The van der Waals surface area contributed by atoms with Crippen LogP contribution in [-0.4, -0.2) is 49.6 Å². The van der Waals surface area contributed by atoms with Crippen molar-refractivity contribution in [2.24, 2.45) is 0 Å². The summed E-state index contributed by atoms with van der Waals surface area (Å²) in [5, 5.41) is 12.8. The molecular weight excluding hydrogens is 256 g/mol. The van der Waals surface area contributed by atoms with E-state index in [1.54, 1.807) is 13.0 Å². The number of nitrogens with one attached hydrogen (secondary N) is 2. The number of hydrogen-bond donors (Lipinski definition) is 2. The van der Waals surface area contributed by atoms with Crippen molar-refractivity contribution in [2.45, 2.75) is 6.92 Å². The summed E-state index contributed by atoms with van der Waals surface area (Å²) in [6.07, 6.45) is 0. The van der Waals surface area contributed by atoms with Crippen LogP contribution in [0.4, 0.5) is 5.82 Å². The van der Waals surface area contributed by atoms with Gasteiger partial charge in [0.1, 0.15) is 5.82 Å². The average molecular weight is 272 g/mol. The number of anilines is 1. The van der Waals surface area contributed by atoms with Gasteiger partial charge < -0.3 is 10.6 Å². The van der Waals surface area contributed by atoms with Crippen LogP contribution in [0.15, 0.2) is 12.1 Å². The lowest BCUT2D eigenvalue weighted by atomic mass is 10.3. The van der Waals surface area contributed by atoms with Gasteiger partial charge >= 0.3 is 0 Å². The molecule has 18 heavy (non-hydrogen) atoms. The van der Waals surface area contributed by atoms with Crippen molar-refractivity contribution in [1.82, 2.24) is 15.5 Å². The van der Waals surface area contributed by atoms with Crippen LogP contribution in [0.3, 0.4) is 0 Å². The molecule has 1 aromatic heterocycles. The van der Waals surface area contributed by atoms with E-state index < -0.39 is 9.84 Å². The fourth-order valence-electron chi connectivity index (χ4n) is 1.15. The Bertz CT molecular complexity index is 498. The zero-order chi connectivity index (χ0) is 13.6. The van der Waals surface area contributed by atoms with Gasteiger partial charge in [0.2, 0.25) is 0 Å². The Morgan fingerprint density at radius 1 is 1.33 bits per heavy atom. The van der Waals surface area contributed by atoms with E-state index in [1.165, 1.54) is 13.1 Å². The Kier molecular flexibility index (Phi) is 5.02. The first-order valence-electron chi connectivity index (χ1n) is 5.48. The van der Waals surface area contributed by atoms with Crippen molar-refractivity contribution in [3.8, 4) is 0 Å². The molecule has 8 heteroatoms. The summed E-state index contributed by atoms with van der Waals surface area (Å²) < 4.78 is 22.5. The average Bonchev–Trinajstić information content (AvgIpc) is 2.38. The number of aromatic nitrogens is 2. The molecule has 0 saturated carbocycles. The highest BCUT2D eigenvalue weighted by molar-refractivity contribution is 7.91. The zero-order valence-electron chi connectivity index (χ0n) is 10.3. The summed E-state index contributed by atoms with van der Waals surface area (Å²) in [5.74, 6) is 0.287. The van der Waals surface area contributed by atoms with E-state index in [2.05, 4.69) is 20.8 Å². The Morgan fingerprint density at radius 2 is 2.06 bits per heavy atom. The molecule has 7 nitrogen and oxygen atoms in total. The molecule has 0 aliphatic carbocycles. The van der Waals surface area contributed by atoms with E-state index in [-0.39, 0.29) is 29.7 Å². The molecular formula is C10H16N4O3S. The summed E-state index contributed by atoms with van der Waals surface area (Å²) >= 11 is 0. The number of rotatable bonds is 6. The van der Waals surface area contributed by atoms with E-state index in [9.17, 15) is 13.2 Å². The molecule has 0 aliphatic rings. The number of hydrogen-bond acceptors (Lipinski definition) is 6. The largest absolute Gasteiger partial charge is 0.368 e. The minimum absolute atomic E-state index is 0.0440. The predicted molar refractivity (Wildman–Crippen MR) is 68.2 cm³/mol. The molecule has 1 heterocycles. The van der Waals surface area contributed by atoms with Gasteiger partial charge in [-0.1, -0.05) is 6.92 Å². The van der Waals surface area contributed by atoms with Crippen LogP contribution in [0, 0.1) is 0 Å². The molecule has 0 saturated heterocycles. The first-order chi connectivity index (χ1) is 8.48. The minimum atomic E-state index is -2.99. The lowest BCUT2D eigenvalue weighted by Gasteiger charge is -2.05. The molecule has 0 fully saturated rings. The van der Waals surface area contributed by atoms with E-state index in [0.29, 0.717) is 5.82 Å². The Labute approximate surface area is 106 Å². The molecule has 0 radical (unpaired) electrons. The number of carbonyl (C=O) groups excluding carboxylic acids is 1. The summed E-state index contributed by atoms with van der Waals surface area (Å²) in [4.78, 5) is 11.2. The Balaban J connectivity index is 2.52. The van der Waals surface area contributed by atoms with E-state index in [4.69, 9.17) is 0 Å². The van der Waals surface area contributed by atoms with Crippen LogP contribution in [0.25, 0.3) is 0 Å². The minimum Gasteiger partial charge on any atom is -0.368 e. The molecule has 0 unspecified atom stereocenters. The molecule has 2 N–H and O–H groups in total. The van der Waals surface area contributed by atoms with Gasteiger partial charge in [0.25, 0.3) is 5.91 Å². The summed E-state index contributed by atoms with van der Waals surface area (Å²) in [7, 11) is -1.48. The third kappa shape index (κ3) is 4.28. The molecule has 100 valence electrons. The van der Waals surface area contributed by atoms with Gasteiger partial charge in [0.15, 0.2) is 15.5 Å². The van der Waals surface area contributed by atoms with Crippen LogP contribution in [0.2, 0.25) is 0 Å². The smallest absolute Gasteiger partial charge is 0.271 e. The topological polar surface area (TPSA) is 101 Å². The van der Waals surface area contributed by atoms with Crippen molar-refractivity contribution in [2.75, 3.05) is 30.4 Å². The number of nitrogens with zero attached hydrogens (tertiary/aromatic N) is 2. The maximum Gasteiger partial charge on any atom is 0.271 e. The SMILES string of the molecule is CCS(=O)(=O)CCNc1ccc(C(=O)NC)nn1. The zero-order valence-corrected chi connectivity index (χ0v) is 11.1. The molecule has 0 bridgehead atoms. The normalized spacial score (nSPS) is 11.0. The highest BCUT2D eigenvalue weighted by Gasteiger charge is 2.08. The highest BCUT2D eigenvalue weighted by atomic mass is 32.2. The monoisotopic (exact) mass is 272 g/mol. The lowest BCUT2D eigenvalue weighted by Crippen LogP contribution is -2.20. The van der Waals surface area contributed by atoms with Crippen molar-refractivity contribution in [3.05, 3.63) is 17.8 Å². The van der Waals surface area contributed by atoms with Gasteiger partial charge in [0.05, 0.1) is 5.75 Å². The van der Waals surface area contributed by atoms with Crippen LogP contribution in [0.5, 0.6) is 0 Å². The molecule has 0 aliphatic heterocycles. The second kappa shape index (κ2) is 6.29. The van der Waals surface area contributed by atoms with Crippen LogP contribution < -0.4 is 10.6 Å². The predicted octanol–water partition coefficient (Wildman–Crippen LogP) is -0.317. The summed E-state index contributed by atoms with van der Waals surface area (Å²) in [6, 6.07) is 3.10. The van der Waals surface area contributed by atoms with Gasteiger partial charge in [-0.25, -0.2) is 8.42 Å². The van der Waals surface area contributed by atoms with Gasteiger partial charge in [-0.05, 0) is 12.1 Å². The van der Waals surface area contributed by atoms with E-state index in [0.717, 1.165) is 0 Å². The molecule has 1 aromatic rings. The lowest BCUT2D eigenvalue weighted by molar-refractivity contribution is 0.0957. The maximum atomic E-state index is 11.2. The molecule has 0 spiro atoms. The Hall–Kier alpha value is -1.70. The standard InChI is InChI=1S/C10H16N4O3S/c1-3-18(16,17)7-6-12-9-5-4-8(13-14-9)10(15)11-2/h4-5H,3,6-7H2,1-2H3,(H,11,15)(H,12,14). The van der Waals surface area contributed by atoms with Crippen molar-refractivity contribution in [3.63, 3.8) is 0 Å². The molecule has 0 aromatic carbocycles. The van der Waals surface area contributed by atoms with E-state index >= 15 is 0 Å². The van der Waals surface area contributed by atoms with Crippen LogP contribution >= 0.6 is 0 Å². The van der Waals surface area contributed by atoms with Gasteiger partial charge in [0, 0.05) is 19.3 Å². The van der Waals surface area contributed by atoms with Crippen molar-refractivity contribution in [1.29, 1.82) is 0 Å². The van der Waals surface area contributed by atoms with E-state index in [1.807, 2.05) is 0 Å². The number of sulfone groups is 1. The van der Waals surface area contributed by atoms with Gasteiger partial charge in [-0.3, -0.25) is 4.79 Å². The number of amides is 1. The van der Waals surface area contributed by atoms with Crippen LogP contribution in [-0.2, 0) is 9.84 Å². The molecule has 1 rings (SSSR count). The van der Waals surface area contributed by atoms with Crippen LogP contribution in [0.1, 0.15) is 17.4 Å². The fraction of sp³-hybridized carbons (Fsp3) is 0.500. The quantitative estimate of drug-likeness (QED) is 0.736. The summed E-state index contributed by atoms with van der Waals surface area (Å²) in [6.45, 7) is 1.87. The molecule has 0 atom stereocenters. The summed E-state index contributed by atoms with van der Waals surface area (Å²) in [5.41, 5.74) is 0.212. The number of carbonyl (C=O) groups is 1.